The highest BCUT2D eigenvalue weighted by Crippen LogP contribution is 2.21. The van der Waals surface area contributed by atoms with Gasteiger partial charge in [-0.3, -0.25) is 4.55 Å². The summed E-state index contributed by atoms with van der Waals surface area (Å²) in [6.45, 7) is 4.12. The maximum atomic E-state index is 10.9. The summed E-state index contributed by atoms with van der Waals surface area (Å²) in [5, 5.41) is 0. The second-order valence-corrected chi connectivity index (χ2v) is 5.92. The van der Waals surface area contributed by atoms with E-state index in [1.165, 1.54) is 12.3 Å². The summed E-state index contributed by atoms with van der Waals surface area (Å²) in [4.78, 5) is 6.05. The van der Waals surface area contributed by atoms with E-state index in [1.54, 1.807) is 6.07 Å². The molecule has 17 heavy (non-hydrogen) atoms. The molecule has 0 atom stereocenters. The van der Waals surface area contributed by atoms with E-state index in [-0.39, 0.29) is 4.90 Å². The zero-order valence-electron chi connectivity index (χ0n) is 9.70. The largest absolute Gasteiger partial charge is 0.357 e. The molecule has 1 aliphatic heterocycles. The third-order valence-electron chi connectivity index (χ3n) is 3.13. The van der Waals surface area contributed by atoms with E-state index < -0.39 is 10.1 Å². The molecule has 0 bridgehead atoms. The quantitative estimate of drug-likeness (QED) is 0.813. The lowest BCUT2D eigenvalue weighted by molar-refractivity contribution is 0.436. The Morgan fingerprint density at radius 2 is 2.00 bits per heavy atom. The van der Waals surface area contributed by atoms with Crippen LogP contribution in [0.5, 0.6) is 0 Å². The molecular weight excluding hydrogens is 240 g/mol. The van der Waals surface area contributed by atoms with Gasteiger partial charge in [0.2, 0.25) is 0 Å². The summed E-state index contributed by atoms with van der Waals surface area (Å²) in [6, 6.07) is 3.02. The Bertz CT molecular complexity index is 476. The van der Waals surface area contributed by atoms with Crippen LogP contribution in [0.3, 0.4) is 0 Å². The van der Waals surface area contributed by atoms with Crippen molar-refractivity contribution in [3.05, 3.63) is 18.3 Å². The SMILES string of the molecule is CC1CCN(c2ccc(S(=O)(=O)O)cn2)CC1. The molecule has 1 aromatic rings. The fraction of sp³-hybridized carbons (Fsp3) is 0.545. The van der Waals surface area contributed by atoms with Crippen molar-refractivity contribution >= 4 is 15.9 Å². The van der Waals surface area contributed by atoms with Crippen LogP contribution in [0.2, 0.25) is 0 Å². The van der Waals surface area contributed by atoms with Gasteiger partial charge in [0.25, 0.3) is 10.1 Å². The number of hydrogen-bond acceptors (Lipinski definition) is 4. The van der Waals surface area contributed by atoms with E-state index >= 15 is 0 Å². The smallest absolute Gasteiger partial charge is 0.296 e. The molecule has 5 nitrogen and oxygen atoms in total. The molecule has 0 aliphatic carbocycles. The van der Waals surface area contributed by atoms with Crippen LogP contribution in [-0.2, 0) is 10.1 Å². The number of piperidine rings is 1. The highest BCUT2D eigenvalue weighted by Gasteiger charge is 2.17. The molecule has 0 unspecified atom stereocenters. The number of nitrogens with zero attached hydrogens (tertiary/aromatic N) is 2. The van der Waals surface area contributed by atoms with Crippen molar-refractivity contribution in [1.29, 1.82) is 0 Å². The summed E-state index contributed by atoms with van der Waals surface area (Å²) in [6.07, 6.45) is 3.45. The van der Waals surface area contributed by atoms with Gasteiger partial charge in [-0.05, 0) is 30.9 Å². The molecule has 1 aromatic heterocycles. The number of anilines is 1. The number of rotatable bonds is 2. The average Bonchev–Trinajstić information content (AvgIpc) is 2.29. The lowest BCUT2D eigenvalue weighted by Gasteiger charge is -2.31. The minimum atomic E-state index is -4.14. The van der Waals surface area contributed by atoms with Gasteiger partial charge in [0.15, 0.2) is 0 Å². The molecule has 1 fully saturated rings. The maximum Gasteiger partial charge on any atom is 0.296 e. The van der Waals surface area contributed by atoms with Crippen LogP contribution in [0, 0.1) is 5.92 Å². The second-order valence-electron chi connectivity index (χ2n) is 4.50. The van der Waals surface area contributed by atoms with E-state index in [0.29, 0.717) is 0 Å². The highest BCUT2D eigenvalue weighted by molar-refractivity contribution is 7.85. The third-order valence-corrected chi connectivity index (χ3v) is 3.96. The molecule has 2 heterocycles. The normalized spacial score (nSPS) is 18.4. The lowest BCUT2D eigenvalue weighted by atomic mass is 9.99. The van der Waals surface area contributed by atoms with Gasteiger partial charge in [0.1, 0.15) is 10.7 Å². The summed E-state index contributed by atoms with van der Waals surface area (Å²) >= 11 is 0. The van der Waals surface area contributed by atoms with E-state index in [9.17, 15) is 8.42 Å². The maximum absolute atomic E-state index is 10.9. The second kappa shape index (κ2) is 4.62. The number of aromatic nitrogens is 1. The molecule has 0 saturated carbocycles. The van der Waals surface area contributed by atoms with Gasteiger partial charge in [-0.2, -0.15) is 8.42 Å². The molecule has 1 saturated heterocycles. The van der Waals surface area contributed by atoms with Crippen molar-refractivity contribution in [3.8, 4) is 0 Å². The highest BCUT2D eigenvalue weighted by atomic mass is 32.2. The van der Waals surface area contributed by atoms with Crippen LogP contribution in [-0.4, -0.2) is 31.0 Å². The van der Waals surface area contributed by atoms with Gasteiger partial charge in [0.05, 0.1) is 6.20 Å². The van der Waals surface area contributed by atoms with Crippen LogP contribution in [0.4, 0.5) is 5.82 Å². The molecule has 0 spiro atoms. The Kier molecular flexibility index (Phi) is 3.35. The van der Waals surface area contributed by atoms with Crippen LogP contribution in [0.1, 0.15) is 19.8 Å². The lowest BCUT2D eigenvalue weighted by Crippen LogP contribution is -2.33. The fourth-order valence-electron chi connectivity index (χ4n) is 1.95. The molecule has 0 radical (unpaired) electrons. The van der Waals surface area contributed by atoms with Crippen LogP contribution >= 0.6 is 0 Å². The van der Waals surface area contributed by atoms with Crippen molar-refractivity contribution in [2.75, 3.05) is 18.0 Å². The fourth-order valence-corrected chi connectivity index (χ4v) is 2.38. The topological polar surface area (TPSA) is 70.5 Å². The standard InChI is InChI=1S/C11H16N2O3S/c1-9-4-6-13(7-5-9)11-3-2-10(8-12-11)17(14,15)16/h2-3,8-9H,4-7H2,1H3,(H,14,15,16). The van der Waals surface area contributed by atoms with Crippen molar-refractivity contribution in [2.45, 2.75) is 24.7 Å². The molecule has 1 aliphatic rings. The molecule has 0 aromatic carbocycles. The predicted molar refractivity (Wildman–Crippen MR) is 64.7 cm³/mol. The Morgan fingerprint density at radius 1 is 1.35 bits per heavy atom. The van der Waals surface area contributed by atoms with E-state index in [2.05, 4.69) is 16.8 Å². The summed E-state index contributed by atoms with van der Waals surface area (Å²) in [5.74, 6) is 1.51. The molecular formula is C11H16N2O3S. The van der Waals surface area contributed by atoms with E-state index in [0.717, 1.165) is 37.7 Å². The van der Waals surface area contributed by atoms with Gasteiger partial charge < -0.3 is 4.90 Å². The van der Waals surface area contributed by atoms with Crippen molar-refractivity contribution in [3.63, 3.8) is 0 Å². The van der Waals surface area contributed by atoms with E-state index in [4.69, 9.17) is 4.55 Å². The molecule has 1 N–H and O–H groups in total. The van der Waals surface area contributed by atoms with Gasteiger partial charge in [-0.15, -0.1) is 0 Å². The first-order valence-corrected chi connectivity index (χ1v) is 7.09. The summed E-state index contributed by atoms with van der Waals surface area (Å²) in [7, 11) is -4.14. The Balaban J connectivity index is 2.13. The van der Waals surface area contributed by atoms with Gasteiger partial charge >= 0.3 is 0 Å². The van der Waals surface area contributed by atoms with Gasteiger partial charge in [0, 0.05) is 13.1 Å². The summed E-state index contributed by atoms with van der Waals surface area (Å²) in [5.41, 5.74) is 0. The van der Waals surface area contributed by atoms with Crippen LogP contribution < -0.4 is 4.90 Å². The van der Waals surface area contributed by atoms with Crippen molar-refractivity contribution < 1.29 is 13.0 Å². The zero-order chi connectivity index (χ0) is 12.5. The third kappa shape index (κ3) is 2.95. The van der Waals surface area contributed by atoms with Crippen molar-refractivity contribution in [2.24, 2.45) is 5.92 Å². The van der Waals surface area contributed by atoms with E-state index in [1.807, 2.05) is 0 Å². The molecule has 6 heteroatoms. The van der Waals surface area contributed by atoms with Crippen molar-refractivity contribution in [1.82, 2.24) is 4.98 Å². The molecule has 2 rings (SSSR count). The summed E-state index contributed by atoms with van der Waals surface area (Å²) < 4.78 is 30.6. The Morgan fingerprint density at radius 3 is 2.47 bits per heavy atom. The first-order chi connectivity index (χ1) is 7.97. The zero-order valence-corrected chi connectivity index (χ0v) is 10.5. The van der Waals surface area contributed by atoms with Crippen LogP contribution in [0.15, 0.2) is 23.2 Å². The Hall–Kier alpha value is -1.14. The molecule has 0 amide bonds. The minimum absolute atomic E-state index is 0.161. The number of hydrogen-bond donors (Lipinski definition) is 1. The van der Waals surface area contributed by atoms with Gasteiger partial charge in [-0.25, -0.2) is 4.98 Å². The Labute approximate surface area is 101 Å². The monoisotopic (exact) mass is 256 g/mol. The predicted octanol–water partition coefficient (Wildman–Crippen LogP) is 1.56. The molecule has 94 valence electrons. The minimum Gasteiger partial charge on any atom is -0.357 e. The van der Waals surface area contributed by atoms with Crippen LogP contribution in [0.25, 0.3) is 0 Å². The first kappa shape index (κ1) is 12.3. The van der Waals surface area contributed by atoms with Gasteiger partial charge in [-0.1, -0.05) is 6.92 Å². The first-order valence-electron chi connectivity index (χ1n) is 5.65. The average molecular weight is 256 g/mol. The number of pyridine rings is 1.